The number of aromatic nitrogens is 1. The van der Waals surface area contributed by atoms with E-state index in [1.54, 1.807) is 13.0 Å². The van der Waals surface area contributed by atoms with Crippen LogP contribution < -0.4 is 0 Å². The molecule has 0 unspecified atom stereocenters. The Labute approximate surface area is 113 Å². The van der Waals surface area contributed by atoms with E-state index in [4.69, 9.17) is 0 Å². The fraction of sp³-hybridized carbons (Fsp3) is 0.357. The monoisotopic (exact) mass is 279 g/mol. The second kappa shape index (κ2) is 5.57. The number of aryl methyl sites for hydroxylation is 1. The van der Waals surface area contributed by atoms with E-state index in [2.05, 4.69) is 0 Å². The minimum atomic E-state index is -2.91. The van der Waals surface area contributed by atoms with Gasteiger partial charge in [-0.1, -0.05) is 19.1 Å². The van der Waals surface area contributed by atoms with Gasteiger partial charge in [-0.15, -0.1) is 0 Å². The van der Waals surface area contributed by atoms with Gasteiger partial charge in [-0.2, -0.15) is 0 Å². The van der Waals surface area contributed by atoms with Crippen LogP contribution in [-0.4, -0.2) is 30.8 Å². The maximum Gasteiger partial charge on any atom is 0.150 e. The van der Waals surface area contributed by atoms with E-state index in [1.165, 1.54) is 0 Å². The van der Waals surface area contributed by atoms with E-state index in [0.29, 0.717) is 18.5 Å². The van der Waals surface area contributed by atoms with Crippen LogP contribution in [0, 0.1) is 0 Å². The van der Waals surface area contributed by atoms with Gasteiger partial charge in [-0.25, -0.2) is 8.42 Å². The van der Waals surface area contributed by atoms with Crippen LogP contribution in [0.15, 0.2) is 30.5 Å². The molecule has 0 fully saturated rings. The van der Waals surface area contributed by atoms with Crippen molar-refractivity contribution < 1.29 is 13.2 Å². The molecule has 0 spiro atoms. The Balaban J connectivity index is 2.16. The molecule has 19 heavy (non-hydrogen) atoms. The number of nitrogens with zero attached hydrogens (tertiary/aromatic N) is 1. The van der Waals surface area contributed by atoms with E-state index in [0.717, 1.165) is 17.2 Å². The Hall–Kier alpha value is -1.62. The molecule has 4 nitrogen and oxygen atoms in total. The highest BCUT2D eigenvalue weighted by Gasteiger charge is 2.08. The largest absolute Gasteiger partial charge is 0.347 e. The van der Waals surface area contributed by atoms with Crippen LogP contribution in [0.5, 0.6) is 0 Å². The molecule has 5 heteroatoms. The summed E-state index contributed by atoms with van der Waals surface area (Å²) in [6, 6.07) is 7.45. The van der Waals surface area contributed by atoms with Gasteiger partial charge in [0, 0.05) is 35.0 Å². The van der Waals surface area contributed by atoms with Gasteiger partial charge >= 0.3 is 0 Å². The van der Waals surface area contributed by atoms with E-state index >= 15 is 0 Å². The van der Waals surface area contributed by atoms with Crippen LogP contribution in [0.4, 0.5) is 0 Å². The zero-order valence-corrected chi connectivity index (χ0v) is 11.7. The van der Waals surface area contributed by atoms with E-state index in [1.807, 2.05) is 29.0 Å². The zero-order valence-electron chi connectivity index (χ0n) is 10.9. The van der Waals surface area contributed by atoms with Crippen molar-refractivity contribution in [3.63, 3.8) is 0 Å². The summed E-state index contributed by atoms with van der Waals surface area (Å²) in [5.41, 5.74) is 1.64. The maximum atomic E-state index is 11.4. The molecule has 0 radical (unpaired) electrons. The van der Waals surface area contributed by atoms with Gasteiger partial charge in [-0.3, -0.25) is 4.79 Å². The van der Waals surface area contributed by atoms with Crippen molar-refractivity contribution in [2.75, 3.05) is 11.5 Å². The number of aldehydes is 1. The van der Waals surface area contributed by atoms with Crippen LogP contribution in [0.1, 0.15) is 23.7 Å². The van der Waals surface area contributed by atoms with Gasteiger partial charge in [0.1, 0.15) is 9.84 Å². The molecule has 0 aliphatic rings. The van der Waals surface area contributed by atoms with Gasteiger partial charge < -0.3 is 4.57 Å². The number of benzene rings is 1. The van der Waals surface area contributed by atoms with E-state index < -0.39 is 9.84 Å². The topological polar surface area (TPSA) is 56.1 Å². The molecule has 2 aromatic rings. The van der Waals surface area contributed by atoms with Crippen LogP contribution in [0.25, 0.3) is 10.9 Å². The maximum absolute atomic E-state index is 11.4. The summed E-state index contributed by atoms with van der Waals surface area (Å²) in [6.45, 7) is 2.31. The lowest BCUT2D eigenvalue weighted by molar-refractivity contribution is 0.112. The fourth-order valence-corrected chi connectivity index (χ4v) is 3.00. The Morgan fingerprint density at radius 1 is 1.26 bits per heavy atom. The molecule has 0 saturated heterocycles. The molecule has 1 aromatic heterocycles. The van der Waals surface area contributed by atoms with Gasteiger partial charge in [0.25, 0.3) is 0 Å². The number of fused-ring (bicyclic) bond motifs is 1. The number of hydrogen-bond acceptors (Lipinski definition) is 3. The summed E-state index contributed by atoms with van der Waals surface area (Å²) in [4.78, 5) is 10.9. The predicted octanol–water partition coefficient (Wildman–Crippen LogP) is 2.28. The number of carbonyl (C=O) groups is 1. The highest BCUT2D eigenvalue weighted by atomic mass is 32.2. The third-order valence-electron chi connectivity index (χ3n) is 3.27. The summed E-state index contributed by atoms with van der Waals surface area (Å²) >= 11 is 0. The van der Waals surface area contributed by atoms with Gasteiger partial charge in [0.2, 0.25) is 0 Å². The minimum Gasteiger partial charge on any atom is -0.347 e. The summed E-state index contributed by atoms with van der Waals surface area (Å²) in [6.07, 6.45) is 3.33. The van der Waals surface area contributed by atoms with Crippen molar-refractivity contribution in [2.24, 2.45) is 0 Å². The molecule has 0 N–H and O–H groups in total. The average Bonchev–Trinajstić information content (AvgIpc) is 2.82. The smallest absolute Gasteiger partial charge is 0.150 e. The number of sulfone groups is 1. The summed E-state index contributed by atoms with van der Waals surface area (Å²) in [7, 11) is -2.91. The van der Waals surface area contributed by atoms with Crippen molar-refractivity contribution in [1.82, 2.24) is 4.57 Å². The molecule has 0 aliphatic heterocycles. The summed E-state index contributed by atoms with van der Waals surface area (Å²) in [5.74, 6) is 0.394. The van der Waals surface area contributed by atoms with Crippen molar-refractivity contribution >= 4 is 27.0 Å². The molecule has 2 rings (SSSR count). The van der Waals surface area contributed by atoms with Crippen LogP contribution in [-0.2, 0) is 16.4 Å². The van der Waals surface area contributed by atoms with Crippen LogP contribution in [0.2, 0.25) is 0 Å². The Kier molecular flexibility index (Phi) is 4.04. The predicted molar refractivity (Wildman–Crippen MR) is 76.3 cm³/mol. The first kappa shape index (κ1) is 13.8. The first-order valence-electron chi connectivity index (χ1n) is 6.31. The molecule has 1 heterocycles. The lowest BCUT2D eigenvalue weighted by atomic mass is 10.1. The third kappa shape index (κ3) is 3.04. The quantitative estimate of drug-likeness (QED) is 0.762. The standard InChI is InChI=1S/C14H17NO3S/c1-2-19(17,18)10-4-8-15-9-7-13-12(11-16)5-3-6-14(13)15/h3,5-7,9,11H,2,4,8,10H2,1H3. The summed E-state index contributed by atoms with van der Waals surface area (Å²) < 4.78 is 24.9. The first-order valence-corrected chi connectivity index (χ1v) is 8.13. The Morgan fingerprint density at radius 3 is 2.74 bits per heavy atom. The Morgan fingerprint density at radius 2 is 2.05 bits per heavy atom. The fourth-order valence-electron chi connectivity index (χ4n) is 2.14. The molecule has 1 aromatic carbocycles. The van der Waals surface area contributed by atoms with Crippen LogP contribution >= 0.6 is 0 Å². The highest BCUT2D eigenvalue weighted by molar-refractivity contribution is 7.91. The average molecular weight is 279 g/mol. The van der Waals surface area contributed by atoms with Crippen molar-refractivity contribution in [3.8, 4) is 0 Å². The zero-order chi connectivity index (χ0) is 13.9. The second-order valence-electron chi connectivity index (χ2n) is 4.50. The van der Waals surface area contributed by atoms with Gasteiger partial charge in [0.15, 0.2) is 6.29 Å². The number of carbonyl (C=O) groups excluding carboxylic acids is 1. The normalized spacial score (nSPS) is 11.8. The highest BCUT2D eigenvalue weighted by Crippen LogP contribution is 2.19. The number of hydrogen-bond donors (Lipinski definition) is 0. The minimum absolute atomic E-state index is 0.189. The molecule has 102 valence electrons. The molecule has 0 atom stereocenters. The van der Waals surface area contributed by atoms with Gasteiger partial charge in [0.05, 0.1) is 5.75 Å². The summed E-state index contributed by atoms with van der Waals surface area (Å²) in [5, 5.41) is 0.913. The molecule has 0 amide bonds. The van der Waals surface area contributed by atoms with E-state index in [9.17, 15) is 13.2 Å². The van der Waals surface area contributed by atoms with Gasteiger partial charge in [-0.05, 0) is 18.6 Å². The lowest BCUT2D eigenvalue weighted by Gasteiger charge is -2.06. The van der Waals surface area contributed by atoms with Crippen molar-refractivity contribution in [3.05, 3.63) is 36.0 Å². The van der Waals surface area contributed by atoms with Crippen LogP contribution in [0.3, 0.4) is 0 Å². The second-order valence-corrected chi connectivity index (χ2v) is 6.97. The third-order valence-corrected chi connectivity index (χ3v) is 5.06. The molecule has 0 saturated carbocycles. The molecule has 0 bridgehead atoms. The molecular weight excluding hydrogens is 262 g/mol. The van der Waals surface area contributed by atoms with E-state index in [-0.39, 0.29) is 11.5 Å². The molecule has 0 aliphatic carbocycles. The van der Waals surface area contributed by atoms with Crippen molar-refractivity contribution in [1.29, 1.82) is 0 Å². The molecular formula is C14H17NO3S. The Bertz CT molecular complexity index is 686. The lowest BCUT2D eigenvalue weighted by Crippen LogP contribution is -2.11. The first-order chi connectivity index (χ1) is 9.07. The number of rotatable bonds is 6. The van der Waals surface area contributed by atoms with Crippen molar-refractivity contribution in [2.45, 2.75) is 19.9 Å². The SMILES string of the molecule is CCS(=O)(=O)CCCn1ccc2c(C=O)cccc21.